The van der Waals surface area contributed by atoms with Gasteiger partial charge < -0.3 is 18.6 Å². The van der Waals surface area contributed by atoms with Crippen LogP contribution >= 0.6 is 0 Å². The number of hydrogen-bond donors (Lipinski definition) is 2. The van der Waals surface area contributed by atoms with Crippen molar-refractivity contribution in [1.29, 1.82) is 5.26 Å². The van der Waals surface area contributed by atoms with Crippen LogP contribution in [0, 0.1) is 25.2 Å². The molecule has 1 aliphatic heterocycles. The molecule has 6 aromatic rings. The van der Waals surface area contributed by atoms with Crippen molar-refractivity contribution < 1.29 is 23.9 Å². The predicted molar refractivity (Wildman–Crippen MR) is 195 cm³/mol. The van der Waals surface area contributed by atoms with Crippen molar-refractivity contribution in [2.75, 3.05) is 23.8 Å². The lowest BCUT2D eigenvalue weighted by Gasteiger charge is -2.13. The second kappa shape index (κ2) is 14.5. The number of aryl methyl sites for hydroxylation is 4. The topological polar surface area (TPSA) is 189 Å². The number of benzene rings is 2. The van der Waals surface area contributed by atoms with E-state index in [9.17, 15) is 19.6 Å². The number of carbonyl (C=O) groups excluding carboxylic acids is 3. The molecule has 16 heteroatoms. The van der Waals surface area contributed by atoms with E-state index in [-0.39, 0.29) is 50.0 Å². The molecule has 2 amide bonds. The molecule has 0 spiro atoms. The summed E-state index contributed by atoms with van der Waals surface area (Å²) in [5, 5.41) is 24.5. The lowest BCUT2D eigenvalue weighted by molar-refractivity contribution is 0.100. The highest BCUT2D eigenvalue weighted by Gasteiger charge is 2.23. The molecular formula is C37H37N11O5. The Morgan fingerprint density at radius 3 is 1.79 bits per heavy atom. The van der Waals surface area contributed by atoms with E-state index in [1.165, 1.54) is 0 Å². The molecule has 0 bridgehead atoms. The van der Waals surface area contributed by atoms with Crippen molar-refractivity contribution in [3.05, 3.63) is 82.5 Å². The van der Waals surface area contributed by atoms with Gasteiger partial charge in [-0.05, 0) is 58.0 Å². The van der Waals surface area contributed by atoms with E-state index in [2.05, 4.69) is 26.9 Å². The molecule has 0 saturated carbocycles. The van der Waals surface area contributed by atoms with E-state index >= 15 is 0 Å². The molecule has 0 saturated heterocycles. The lowest BCUT2D eigenvalue weighted by Crippen LogP contribution is -2.20. The van der Waals surface area contributed by atoms with Gasteiger partial charge >= 0.3 is 0 Å². The summed E-state index contributed by atoms with van der Waals surface area (Å²) in [5.41, 5.74) is 5.04. The predicted octanol–water partition coefficient (Wildman–Crippen LogP) is 5.04. The van der Waals surface area contributed by atoms with Crippen molar-refractivity contribution in [1.82, 2.24) is 38.7 Å². The first-order chi connectivity index (χ1) is 25.7. The summed E-state index contributed by atoms with van der Waals surface area (Å²) in [5.74, 6) is 0.598. The summed E-state index contributed by atoms with van der Waals surface area (Å²) in [7, 11) is 0. The molecule has 2 N–H and O–H groups in total. The number of ether oxygens (including phenoxy) is 2. The highest BCUT2D eigenvalue weighted by molar-refractivity contribution is 6.04. The average molecular weight is 716 g/mol. The van der Waals surface area contributed by atoms with Crippen LogP contribution in [0.1, 0.15) is 68.6 Å². The normalized spacial score (nSPS) is 13.7. The minimum Gasteiger partial charge on any atom is -0.491 e. The number of anilines is 2. The zero-order valence-electron chi connectivity index (χ0n) is 29.7. The van der Waals surface area contributed by atoms with Gasteiger partial charge in [-0.3, -0.25) is 34.4 Å². The van der Waals surface area contributed by atoms with E-state index in [4.69, 9.17) is 19.4 Å². The number of nitriles is 1. The lowest BCUT2D eigenvalue weighted by atomic mass is 10.2. The van der Waals surface area contributed by atoms with E-state index < -0.39 is 0 Å². The summed E-state index contributed by atoms with van der Waals surface area (Å²) in [6.07, 6.45) is 4.96. The zero-order chi connectivity index (χ0) is 37.2. The molecule has 1 aliphatic rings. The summed E-state index contributed by atoms with van der Waals surface area (Å²) < 4.78 is 19.4. The Labute approximate surface area is 303 Å². The Morgan fingerprint density at radius 2 is 1.30 bits per heavy atom. The highest BCUT2D eigenvalue weighted by atomic mass is 16.5. The smallest absolute Gasteiger partial charge is 0.276 e. The minimum absolute atomic E-state index is 0.223. The van der Waals surface area contributed by atoms with Crippen molar-refractivity contribution >= 4 is 52.1 Å². The van der Waals surface area contributed by atoms with Crippen molar-refractivity contribution in [2.24, 2.45) is 0 Å². The van der Waals surface area contributed by atoms with Crippen LogP contribution < -0.4 is 20.1 Å². The van der Waals surface area contributed by atoms with Crippen LogP contribution in [-0.4, -0.2) is 70.0 Å². The Bertz CT molecular complexity index is 2480. The van der Waals surface area contributed by atoms with Crippen LogP contribution in [0.2, 0.25) is 0 Å². The summed E-state index contributed by atoms with van der Waals surface area (Å²) >= 11 is 0. The van der Waals surface area contributed by atoms with Gasteiger partial charge in [0.05, 0.1) is 47.3 Å². The monoisotopic (exact) mass is 715 g/mol. The number of hydrogen-bond acceptors (Lipinski definition) is 10. The SMILES string of the molecule is CCn1nc(C)cc1C(=O)Nc1nc2cc(C#N)cc3c2n1C/C=C/Cn1c(NC(=O)c2cc(C)nn2CC)nc2cc(C=O)cc(c21)OCCCO3. The molecule has 5 heterocycles. The molecule has 0 atom stereocenters. The Morgan fingerprint density at radius 1 is 0.792 bits per heavy atom. The fourth-order valence-electron chi connectivity index (χ4n) is 6.43. The first-order valence-electron chi connectivity index (χ1n) is 17.3. The fourth-order valence-corrected chi connectivity index (χ4v) is 6.43. The Balaban J connectivity index is 1.30. The van der Waals surface area contributed by atoms with Crippen molar-refractivity contribution in [2.45, 2.75) is 60.3 Å². The quantitative estimate of drug-likeness (QED) is 0.167. The second-order valence-corrected chi connectivity index (χ2v) is 12.5. The molecule has 53 heavy (non-hydrogen) atoms. The number of aldehydes is 1. The zero-order valence-corrected chi connectivity index (χ0v) is 29.7. The van der Waals surface area contributed by atoms with Crippen molar-refractivity contribution in [3.8, 4) is 17.6 Å². The van der Waals surface area contributed by atoms with E-state index in [0.717, 1.165) is 6.29 Å². The minimum atomic E-state index is -0.386. The fraction of sp³-hybridized carbons (Fsp3) is 0.297. The van der Waals surface area contributed by atoms with Gasteiger partial charge in [0.2, 0.25) is 11.9 Å². The van der Waals surface area contributed by atoms with Gasteiger partial charge in [0.1, 0.15) is 40.2 Å². The van der Waals surface area contributed by atoms with Gasteiger partial charge in [-0.25, -0.2) is 9.97 Å². The maximum atomic E-state index is 13.6. The number of aromatic nitrogens is 8. The number of nitrogens with one attached hydrogen (secondary N) is 2. The molecule has 4 aromatic heterocycles. The second-order valence-electron chi connectivity index (χ2n) is 12.5. The number of nitrogens with zero attached hydrogens (tertiary/aromatic N) is 9. The molecule has 270 valence electrons. The van der Waals surface area contributed by atoms with Crippen LogP contribution in [0.5, 0.6) is 11.5 Å². The molecule has 0 aliphatic carbocycles. The molecule has 0 unspecified atom stereocenters. The maximum absolute atomic E-state index is 13.6. The molecule has 0 radical (unpaired) electrons. The third kappa shape index (κ3) is 6.71. The van der Waals surface area contributed by atoms with Crippen LogP contribution in [0.4, 0.5) is 11.9 Å². The molecule has 7 rings (SSSR count). The summed E-state index contributed by atoms with van der Waals surface area (Å²) in [6, 6.07) is 12.2. The van der Waals surface area contributed by atoms with Crippen molar-refractivity contribution in [3.63, 3.8) is 0 Å². The standard InChI is InChI=1S/C37H37N11O5/c1-5-47-28(14-22(3)43-47)34(50)41-36-39-26-16-24(20-38)18-30-32(26)45(36)10-7-8-11-46-33-27(17-25(21-49)19-31(33)53-13-9-12-52-30)40-37(46)42-35(51)29-15-23(4)44-48(29)6-2/h7-8,14-19,21H,5-6,9-13H2,1-4H3,(H,39,41,50)(H,40,42,51)/b8-7+. The van der Waals surface area contributed by atoms with Gasteiger partial charge in [-0.2, -0.15) is 15.5 Å². The van der Waals surface area contributed by atoms with Gasteiger partial charge in [0, 0.05) is 44.2 Å². The number of amides is 2. The summed E-state index contributed by atoms with van der Waals surface area (Å²) in [6.45, 7) is 9.42. The molecule has 2 aromatic carbocycles. The van der Waals surface area contributed by atoms with Crippen LogP contribution in [-0.2, 0) is 26.2 Å². The Hall–Kier alpha value is -6.76. The number of rotatable bonds is 7. The molecular weight excluding hydrogens is 678 g/mol. The van der Waals surface area contributed by atoms with Crippen LogP contribution in [0.3, 0.4) is 0 Å². The van der Waals surface area contributed by atoms with Gasteiger partial charge in [-0.15, -0.1) is 0 Å². The van der Waals surface area contributed by atoms with Gasteiger partial charge in [-0.1, -0.05) is 12.2 Å². The third-order valence-electron chi connectivity index (χ3n) is 8.77. The third-order valence-corrected chi connectivity index (χ3v) is 8.77. The van der Waals surface area contributed by atoms with Gasteiger partial charge in [0.15, 0.2) is 0 Å². The first kappa shape index (κ1) is 34.7. The average Bonchev–Trinajstić information content (AvgIpc) is 3.91. The largest absolute Gasteiger partial charge is 0.491 e. The van der Waals surface area contributed by atoms with E-state index in [1.54, 1.807) is 45.8 Å². The molecule has 0 fully saturated rings. The van der Waals surface area contributed by atoms with Crippen LogP contribution in [0.15, 0.2) is 48.6 Å². The number of carbonyl (C=O) groups is 3. The Kier molecular flexibility index (Phi) is 9.46. The molecule has 16 nitrogen and oxygen atoms in total. The van der Waals surface area contributed by atoms with E-state index in [1.807, 2.05) is 49.0 Å². The van der Waals surface area contributed by atoms with E-state index in [0.29, 0.717) is 87.0 Å². The highest BCUT2D eigenvalue weighted by Crippen LogP contribution is 2.33. The number of imidazole rings is 2. The maximum Gasteiger partial charge on any atom is 0.276 e. The number of allylic oxidation sites excluding steroid dienone is 2. The first-order valence-corrected chi connectivity index (χ1v) is 17.3. The summed E-state index contributed by atoms with van der Waals surface area (Å²) in [4.78, 5) is 48.5. The van der Waals surface area contributed by atoms with Crippen LogP contribution in [0.25, 0.3) is 22.1 Å². The van der Waals surface area contributed by atoms with Gasteiger partial charge in [0.25, 0.3) is 11.8 Å².